The topological polar surface area (TPSA) is 47.8 Å². The third kappa shape index (κ3) is 2.27. The first-order valence-electron chi connectivity index (χ1n) is 7.84. The quantitative estimate of drug-likeness (QED) is 0.578. The van der Waals surface area contributed by atoms with Gasteiger partial charge in [-0.3, -0.25) is 4.79 Å². The van der Waals surface area contributed by atoms with Gasteiger partial charge in [0.15, 0.2) is 11.6 Å². The summed E-state index contributed by atoms with van der Waals surface area (Å²) in [5.41, 5.74) is 3.76. The fourth-order valence-corrected chi connectivity index (χ4v) is 2.99. The van der Waals surface area contributed by atoms with E-state index in [-0.39, 0.29) is 5.91 Å². The number of carbonyl (C=O) groups excluding carboxylic acids is 1. The molecule has 1 aliphatic heterocycles. The van der Waals surface area contributed by atoms with Crippen LogP contribution in [0, 0.1) is 5.92 Å². The molecule has 0 N–H and O–H groups in total. The van der Waals surface area contributed by atoms with Crippen molar-refractivity contribution >= 4 is 5.91 Å². The van der Waals surface area contributed by atoms with E-state index in [1.54, 1.807) is 0 Å². The lowest BCUT2D eigenvalue weighted by Gasteiger charge is -2.05. The zero-order chi connectivity index (χ0) is 16.0. The van der Waals surface area contributed by atoms with E-state index in [1.165, 1.54) is 10.2 Å². The molecule has 0 amide bonds. The van der Waals surface area contributed by atoms with Crippen molar-refractivity contribution in [1.82, 2.24) is 14.8 Å². The minimum absolute atomic E-state index is 0.106. The largest absolute Gasteiger partial charge is 0.280 e. The Kier molecular flexibility index (Phi) is 3.11. The summed E-state index contributed by atoms with van der Waals surface area (Å²) in [6.07, 6.45) is 1.05. The molecule has 0 fully saturated rings. The fourth-order valence-electron chi connectivity index (χ4n) is 2.99. The van der Waals surface area contributed by atoms with Crippen LogP contribution in [0.1, 0.15) is 29.8 Å². The van der Waals surface area contributed by atoms with Crippen molar-refractivity contribution in [3.8, 4) is 22.8 Å². The standard InChI is InChI=1S/C19H17N3O/c1-12(2)11-13-7-9-14(10-8-13)17-20-18-15-5-3-4-6-16(15)19(23)22(18)21-17/h3-10,12H,11H2,1-2H3. The van der Waals surface area contributed by atoms with Gasteiger partial charge in [-0.25, -0.2) is 4.98 Å². The number of benzene rings is 2. The van der Waals surface area contributed by atoms with E-state index in [9.17, 15) is 4.79 Å². The van der Waals surface area contributed by atoms with E-state index in [0.29, 0.717) is 23.1 Å². The molecule has 0 radical (unpaired) electrons. The highest BCUT2D eigenvalue weighted by atomic mass is 16.2. The first kappa shape index (κ1) is 13.9. The number of hydrogen-bond acceptors (Lipinski definition) is 3. The highest BCUT2D eigenvalue weighted by Gasteiger charge is 2.29. The van der Waals surface area contributed by atoms with E-state index in [0.717, 1.165) is 17.5 Å². The lowest BCUT2D eigenvalue weighted by Crippen LogP contribution is -2.07. The van der Waals surface area contributed by atoms with Crippen molar-refractivity contribution in [1.29, 1.82) is 0 Å². The van der Waals surface area contributed by atoms with Crippen LogP contribution in [0.2, 0.25) is 0 Å². The molecule has 3 aromatic rings. The number of carbonyl (C=O) groups is 1. The maximum absolute atomic E-state index is 12.4. The molecule has 4 heteroatoms. The maximum Gasteiger partial charge on any atom is 0.280 e. The Morgan fingerprint density at radius 3 is 2.39 bits per heavy atom. The Hall–Kier alpha value is -2.75. The molecule has 0 atom stereocenters. The molecule has 1 aromatic heterocycles. The number of nitrogens with zero attached hydrogens (tertiary/aromatic N) is 3. The Balaban J connectivity index is 1.71. The van der Waals surface area contributed by atoms with Crippen LogP contribution in [-0.2, 0) is 6.42 Å². The predicted molar refractivity (Wildman–Crippen MR) is 89.2 cm³/mol. The van der Waals surface area contributed by atoms with Crippen LogP contribution in [-0.4, -0.2) is 20.7 Å². The van der Waals surface area contributed by atoms with Gasteiger partial charge in [0, 0.05) is 11.1 Å². The first-order chi connectivity index (χ1) is 11.1. The van der Waals surface area contributed by atoms with Gasteiger partial charge in [0.2, 0.25) is 0 Å². The van der Waals surface area contributed by atoms with E-state index in [4.69, 9.17) is 0 Å². The van der Waals surface area contributed by atoms with Crippen molar-refractivity contribution < 1.29 is 4.79 Å². The summed E-state index contributed by atoms with van der Waals surface area (Å²) < 4.78 is 1.40. The summed E-state index contributed by atoms with van der Waals surface area (Å²) in [4.78, 5) is 16.9. The van der Waals surface area contributed by atoms with Crippen LogP contribution < -0.4 is 0 Å². The molecule has 114 valence electrons. The molecule has 2 aromatic carbocycles. The van der Waals surface area contributed by atoms with E-state index < -0.39 is 0 Å². The van der Waals surface area contributed by atoms with Gasteiger partial charge >= 0.3 is 0 Å². The third-order valence-electron chi connectivity index (χ3n) is 4.05. The molecule has 2 heterocycles. The number of rotatable bonds is 3. The molecule has 1 aliphatic rings. The second-order valence-electron chi connectivity index (χ2n) is 6.32. The van der Waals surface area contributed by atoms with Crippen molar-refractivity contribution in [2.45, 2.75) is 20.3 Å². The van der Waals surface area contributed by atoms with Crippen LogP contribution in [0.5, 0.6) is 0 Å². The van der Waals surface area contributed by atoms with Gasteiger partial charge in [-0.2, -0.15) is 4.68 Å². The molecule has 0 bridgehead atoms. The molecule has 4 rings (SSSR count). The third-order valence-corrected chi connectivity index (χ3v) is 4.05. The second-order valence-corrected chi connectivity index (χ2v) is 6.32. The first-order valence-corrected chi connectivity index (χ1v) is 7.84. The SMILES string of the molecule is CC(C)Cc1ccc(-c2nc3n(n2)C(=O)c2ccccc2-3)cc1. The summed E-state index contributed by atoms with van der Waals surface area (Å²) in [6, 6.07) is 15.8. The molecule has 23 heavy (non-hydrogen) atoms. The minimum atomic E-state index is -0.106. The highest BCUT2D eigenvalue weighted by Crippen LogP contribution is 2.31. The number of hydrogen-bond donors (Lipinski definition) is 0. The summed E-state index contributed by atoms with van der Waals surface area (Å²) in [5.74, 6) is 1.75. The van der Waals surface area contributed by atoms with E-state index in [2.05, 4.69) is 36.1 Å². The molecule has 0 saturated heterocycles. The molecule has 0 saturated carbocycles. The minimum Gasteiger partial charge on any atom is -0.267 e. The second kappa shape index (κ2) is 5.16. The molecule has 0 aliphatic carbocycles. The molecule has 0 spiro atoms. The van der Waals surface area contributed by atoms with Gasteiger partial charge in [-0.05, 0) is 24.0 Å². The lowest BCUT2D eigenvalue weighted by atomic mass is 10.0. The van der Waals surface area contributed by atoms with Crippen LogP contribution >= 0.6 is 0 Å². The zero-order valence-corrected chi connectivity index (χ0v) is 13.2. The lowest BCUT2D eigenvalue weighted by molar-refractivity contribution is 0.0955. The van der Waals surface area contributed by atoms with Crippen LogP contribution in [0.15, 0.2) is 48.5 Å². The zero-order valence-electron chi connectivity index (χ0n) is 13.2. The Bertz CT molecular complexity index is 891. The number of aromatic nitrogens is 3. The van der Waals surface area contributed by atoms with E-state index >= 15 is 0 Å². The average molecular weight is 303 g/mol. The van der Waals surface area contributed by atoms with Gasteiger partial charge in [0.25, 0.3) is 5.91 Å². The van der Waals surface area contributed by atoms with Gasteiger partial charge in [0.1, 0.15) is 0 Å². The summed E-state index contributed by atoms with van der Waals surface area (Å²) in [7, 11) is 0. The Morgan fingerprint density at radius 1 is 1.00 bits per heavy atom. The molecule has 0 unspecified atom stereocenters. The van der Waals surface area contributed by atoms with Crippen LogP contribution in [0.4, 0.5) is 0 Å². The Labute approximate surface area is 134 Å². The molecular weight excluding hydrogens is 286 g/mol. The van der Waals surface area contributed by atoms with Gasteiger partial charge in [-0.1, -0.05) is 56.3 Å². The predicted octanol–water partition coefficient (Wildman–Crippen LogP) is 3.81. The van der Waals surface area contributed by atoms with Gasteiger partial charge in [-0.15, -0.1) is 5.10 Å². The van der Waals surface area contributed by atoms with Crippen molar-refractivity contribution in [2.24, 2.45) is 5.92 Å². The fraction of sp³-hybridized carbons (Fsp3) is 0.211. The summed E-state index contributed by atoms with van der Waals surface area (Å²) in [5, 5.41) is 4.40. The summed E-state index contributed by atoms with van der Waals surface area (Å²) >= 11 is 0. The Morgan fingerprint density at radius 2 is 1.70 bits per heavy atom. The number of fused-ring (bicyclic) bond motifs is 3. The van der Waals surface area contributed by atoms with Gasteiger partial charge in [0.05, 0.1) is 5.56 Å². The highest BCUT2D eigenvalue weighted by molar-refractivity contribution is 6.07. The van der Waals surface area contributed by atoms with Crippen LogP contribution in [0.25, 0.3) is 22.8 Å². The normalized spacial score (nSPS) is 12.6. The van der Waals surface area contributed by atoms with Crippen molar-refractivity contribution in [2.75, 3.05) is 0 Å². The monoisotopic (exact) mass is 303 g/mol. The van der Waals surface area contributed by atoms with Crippen LogP contribution in [0.3, 0.4) is 0 Å². The van der Waals surface area contributed by atoms with Gasteiger partial charge < -0.3 is 0 Å². The molecule has 4 nitrogen and oxygen atoms in total. The average Bonchev–Trinajstić information content (AvgIpc) is 3.08. The van der Waals surface area contributed by atoms with Crippen molar-refractivity contribution in [3.63, 3.8) is 0 Å². The molecular formula is C19H17N3O. The van der Waals surface area contributed by atoms with E-state index in [1.807, 2.05) is 36.4 Å². The smallest absolute Gasteiger partial charge is 0.267 e. The van der Waals surface area contributed by atoms with Crippen molar-refractivity contribution in [3.05, 3.63) is 59.7 Å². The summed E-state index contributed by atoms with van der Waals surface area (Å²) in [6.45, 7) is 4.41. The maximum atomic E-state index is 12.4.